The molecule has 2 N–H and O–H groups in total. The van der Waals surface area contributed by atoms with E-state index >= 15 is 0 Å². The molecule has 1 aromatic heterocycles. The summed E-state index contributed by atoms with van der Waals surface area (Å²) in [5.74, 6) is -0.670. The fourth-order valence-electron chi connectivity index (χ4n) is 3.31. The average molecular weight is 456 g/mol. The number of urea groups is 1. The van der Waals surface area contributed by atoms with Gasteiger partial charge in [0.1, 0.15) is 12.4 Å². The summed E-state index contributed by atoms with van der Waals surface area (Å²) in [7, 11) is 0. The van der Waals surface area contributed by atoms with Crippen LogP contribution < -0.4 is 10.6 Å². The number of aryl methyl sites for hydroxylation is 1. The number of anilines is 2. The van der Waals surface area contributed by atoms with Crippen molar-refractivity contribution in [3.63, 3.8) is 0 Å². The Morgan fingerprint density at radius 3 is 2.53 bits per heavy atom. The third kappa shape index (κ3) is 5.45. The number of carbonyl (C=O) groups is 2. The number of nitrogens with zero attached hydrogens (tertiary/aromatic N) is 3. The highest BCUT2D eigenvalue weighted by molar-refractivity contribution is 6.30. The van der Waals surface area contributed by atoms with Gasteiger partial charge in [0.2, 0.25) is 5.91 Å². The first-order valence-corrected chi connectivity index (χ1v) is 10.7. The van der Waals surface area contributed by atoms with Gasteiger partial charge in [-0.05, 0) is 68.1 Å². The first kappa shape index (κ1) is 21.8. The van der Waals surface area contributed by atoms with Crippen molar-refractivity contribution in [2.24, 2.45) is 5.92 Å². The van der Waals surface area contributed by atoms with Crippen molar-refractivity contribution in [3.8, 4) is 5.69 Å². The number of hydrogen-bond acceptors (Lipinski definition) is 3. The first-order chi connectivity index (χ1) is 15.4. The van der Waals surface area contributed by atoms with Crippen LogP contribution in [0.5, 0.6) is 0 Å². The van der Waals surface area contributed by atoms with E-state index in [1.807, 2.05) is 13.0 Å². The number of rotatable bonds is 7. The molecule has 0 aliphatic heterocycles. The zero-order valence-electron chi connectivity index (χ0n) is 17.5. The molecule has 1 saturated carbocycles. The molecule has 0 spiro atoms. The normalized spacial score (nSPS) is 13.0. The van der Waals surface area contributed by atoms with Crippen LogP contribution in [0.15, 0.2) is 54.7 Å². The summed E-state index contributed by atoms with van der Waals surface area (Å²) in [6, 6.07) is 12.6. The molecule has 7 nitrogen and oxygen atoms in total. The minimum atomic E-state index is -0.579. The molecule has 1 aliphatic rings. The molecule has 0 unspecified atom stereocenters. The smallest absolute Gasteiger partial charge is 0.322 e. The molecule has 3 aromatic rings. The summed E-state index contributed by atoms with van der Waals surface area (Å²) in [5.41, 5.74) is 2.05. The van der Waals surface area contributed by atoms with Gasteiger partial charge in [0, 0.05) is 35.2 Å². The Kier molecular flexibility index (Phi) is 6.41. The second kappa shape index (κ2) is 9.40. The minimum absolute atomic E-state index is 0.0491. The van der Waals surface area contributed by atoms with Gasteiger partial charge in [-0.1, -0.05) is 11.6 Å². The molecule has 1 aliphatic carbocycles. The number of benzene rings is 2. The standard InChI is InChI=1S/C23H23ClFN5O2/c1-15-10-11-26-30(15)19-8-9-21(20(25)12-19)28-22(31)14-29(13-16-2-3-16)23(32)27-18-6-4-17(24)5-7-18/h4-12,16H,2-3,13-14H2,1H3,(H,27,32)(H,28,31). The van der Waals surface area contributed by atoms with Crippen molar-refractivity contribution < 1.29 is 14.0 Å². The molecule has 1 fully saturated rings. The van der Waals surface area contributed by atoms with Gasteiger partial charge in [0.25, 0.3) is 0 Å². The zero-order valence-corrected chi connectivity index (χ0v) is 18.3. The molecule has 4 rings (SSSR count). The average Bonchev–Trinajstić information content (AvgIpc) is 3.48. The lowest BCUT2D eigenvalue weighted by Crippen LogP contribution is -2.41. The molecule has 2 aromatic carbocycles. The van der Waals surface area contributed by atoms with E-state index in [0.717, 1.165) is 18.5 Å². The summed E-state index contributed by atoms with van der Waals surface area (Å²) in [6.45, 7) is 2.15. The van der Waals surface area contributed by atoms with Crippen LogP contribution in [-0.4, -0.2) is 39.7 Å². The largest absolute Gasteiger partial charge is 0.322 e. The maximum absolute atomic E-state index is 14.6. The Bertz CT molecular complexity index is 1130. The van der Waals surface area contributed by atoms with Crippen LogP contribution in [0.2, 0.25) is 5.02 Å². The van der Waals surface area contributed by atoms with E-state index in [9.17, 15) is 14.0 Å². The second-order valence-corrected chi connectivity index (χ2v) is 8.29. The van der Waals surface area contributed by atoms with E-state index in [-0.39, 0.29) is 18.3 Å². The maximum Gasteiger partial charge on any atom is 0.322 e. The molecule has 0 radical (unpaired) electrons. The molecule has 166 valence electrons. The molecular formula is C23H23ClFN5O2. The summed E-state index contributed by atoms with van der Waals surface area (Å²) < 4.78 is 16.2. The lowest BCUT2D eigenvalue weighted by molar-refractivity contribution is -0.116. The molecule has 3 amide bonds. The Morgan fingerprint density at radius 1 is 1.16 bits per heavy atom. The van der Waals surface area contributed by atoms with Gasteiger partial charge in [-0.2, -0.15) is 5.10 Å². The molecule has 0 bridgehead atoms. The third-order valence-corrected chi connectivity index (χ3v) is 5.45. The SMILES string of the molecule is Cc1ccnn1-c1ccc(NC(=O)CN(CC2CC2)C(=O)Nc2ccc(Cl)cc2)c(F)c1. The molecule has 1 heterocycles. The van der Waals surface area contributed by atoms with E-state index in [0.29, 0.717) is 28.9 Å². The highest BCUT2D eigenvalue weighted by Gasteiger charge is 2.28. The van der Waals surface area contributed by atoms with Gasteiger partial charge in [-0.25, -0.2) is 13.9 Å². The third-order valence-electron chi connectivity index (χ3n) is 5.20. The maximum atomic E-state index is 14.6. The Labute approximate surface area is 190 Å². The predicted octanol–water partition coefficient (Wildman–Crippen LogP) is 4.86. The van der Waals surface area contributed by atoms with Crippen LogP contribution in [-0.2, 0) is 4.79 Å². The summed E-state index contributed by atoms with van der Waals surface area (Å²) in [4.78, 5) is 26.8. The van der Waals surface area contributed by atoms with Crippen LogP contribution in [0.25, 0.3) is 5.69 Å². The van der Waals surface area contributed by atoms with Crippen molar-refractivity contribution in [2.45, 2.75) is 19.8 Å². The zero-order chi connectivity index (χ0) is 22.7. The summed E-state index contributed by atoms with van der Waals surface area (Å²) in [6.07, 6.45) is 3.68. The van der Waals surface area contributed by atoms with Crippen molar-refractivity contribution >= 4 is 34.9 Å². The fourth-order valence-corrected chi connectivity index (χ4v) is 3.43. The predicted molar refractivity (Wildman–Crippen MR) is 122 cm³/mol. The lowest BCUT2D eigenvalue weighted by atomic mass is 10.2. The number of aromatic nitrogens is 2. The van der Waals surface area contributed by atoms with Gasteiger partial charge in [0.05, 0.1) is 11.4 Å². The first-order valence-electron chi connectivity index (χ1n) is 10.3. The van der Waals surface area contributed by atoms with Crippen LogP contribution in [0.4, 0.5) is 20.6 Å². The Balaban J connectivity index is 1.41. The monoisotopic (exact) mass is 455 g/mol. The van der Waals surface area contributed by atoms with Crippen LogP contribution in [0.1, 0.15) is 18.5 Å². The van der Waals surface area contributed by atoms with E-state index < -0.39 is 11.7 Å². The van der Waals surface area contributed by atoms with Gasteiger partial charge in [0.15, 0.2) is 0 Å². The van der Waals surface area contributed by atoms with Crippen molar-refractivity contribution in [2.75, 3.05) is 23.7 Å². The van der Waals surface area contributed by atoms with Gasteiger partial charge in [-0.15, -0.1) is 0 Å². The highest BCUT2D eigenvalue weighted by Crippen LogP contribution is 2.30. The number of halogens is 2. The Morgan fingerprint density at radius 2 is 1.91 bits per heavy atom. The highest BCUT2D eigenvalue weighted by atomic mass is 35.5. The van der Waals surface area contributed by atoms with Crippen molar-refractivity contribution in [1.29, 1.82) is 0 Å². The number of amides is 3. The molecular weight excluding hydrogens is 433 g/mol. The summed E-state index contributed by atoms with van der Waals surface area (Å²) >= 11 is 5.88. The minimum Gasteiger partial charge on any atom is -0.322 e. The van der Waals surface area contributed by atoms with Crippen LogP contribution >= 0.6 is 11.6 Å². The van der Waals surface area contributed by atoms with Crippen molar-refractivity contribution in [1.82, 2.24) is 14.7 Å². The molecule has 0 saturated heterocycles. The van der Waals surface area contributed by atoms with Gasteiger partial charge >= 0.3 is 6.03 Å². The molecule has 0 atom stereocenters. The quantitative estimate of drug-likeness (QED) is 0.534. The van der Waals surface area contributed by atoms with E-state index in [1.165, 1.54) is 17.0 Å². The van der Waals surface area contributed by atoms with Gasteiger partial charge < -0.3 is 15.5 Å². The fraction of sp³-hybridized carbons (Fsp3) is 0.261. The lowest BCUT2D eigenvalue weighted by Gasteiger charge is -2.22. The van der Waals surface area contributed by atoms with E-state index in [1.54, 1.807) is 41.2 Å². The number of hydrogen-bond donors (Lipinski definition) is 2. The van der Waals surface area contributed by atoms with Crippen LogP contribution in [0, 0.1) is 18.7 Å². The Hall–Kier alpha value is -3.39. The molecule has 9 heteroatoms. The van der Waals surface area contributed by atoms with Crippen LogP contribution in [0.3, 0.4) is 0 Å². The number of carbonyl (C=O) groups excluding carboxylic acids is 2. The number of nitrogens with one attached hydrogen (secondary N) is 2. The topological polar surface area (TPSA) is 79.3 Å². The van der Waals surface area contributed by atoms with Gasteiger partial charge in [-0.3, -0.25) is 4.79 Å². The van der Waals surface area contributed by atoms with Crippen molar-refractivity contribution in [3.05, 3.63) is 71.3 Å². The van der Waals surface area contributed by atoms with E-state index in [4.69, 9.17) is 11.6 Å². The summed E-state index contributed by atoms with van der Waals surface area (Å²) in [5, 5.41) is 10.1. The van der Waals surface area contributed by atoms with E-state index in [2.05, 4.69) is 15.7 Å². The second-order valence-electron chi connectivity index (χ2n) is 7.86. The molecule has 32 heavy (non-hydrogen) atoms.